The van der Waals surface area contributed by atoms with E-state index in [1.165, 1.54) is 11.3 Å². The van der Waals surface area contributed by atoms with Gasteiger partial charge in [0, 0.05) is 18.5 Å². The standard InChI is InChI=1S/C16H20N2O3S/c1-11(2)17-15(19)13-10-22-16(18-13)12-6-4-5-7-14(12)21-9-8-20-3/h4-7,10-11H,8-9H2,1-3H3,(H,17,19). The maximum absolute atomic E-state index is 12.0. The van der Waals surface area contributed by atoms with Crippen LogP contribution >= 0.6 is 11.3 Å². The van der Waals surface area contributed by atoms with Crippen molar-refractivity contribution in [1.29, 1.82) is 0 Å². The molecule has 0 aliphatic heterocycles. The molecular formula is C16H20N2O3S. The minimum atomic E-state index is -0.157. The van der Waals surface area contributed by atoms with Crippen LogP contribution in [0.25, 0.3) is 10.6 Å². The number of rotatable bonds is 7. The number of carbonyl (C=O) groups is 1. The molecule has 0 saturated carbocycles. The first kappa shape index (κ1) is 16.5. The highest BCUT2D eigenvalue weighted by Crippen LogP contribution is 2.32. The molecule has 0 bridgehead atoms. The molecule has 22 heavy (non-hydrogen) atoms. The summed E-state index contributed by atoms with van der Waals surface area (Å²) in [6.45, 7) is 4.84. The molecule has 6 heteroatoms. The highest BCUT2D eigenvalue weighted by Gasteiger charge is 2.15. The summed E-state index contributed by atoms with van der Waals surface area (Å²) in [4.78, 5) is 16.4. The van der Waals surface area contributed by atoms with E-state index < -0.39 is 0 Å². The van der Waals surface area contributed by atoms with Crippen molar-refractivity contribution in [2.24, 2.45) is 0 Å². The number of ether oxygens (including phenoxy) is 2. The van der Waals surface area contributed by atoms with E-state index in [1.54, 1.807) is 12.5 Å². The molecule has 1 N–H and O–H groups in total. The van der Waals surface area contributed by atoms with E-state index in [2.05, 4.69) is 10.3 Å². The summed E-state index contributed by atoms with van der Waals surface area (Å²) in [5, 5.41) is 5.37. The lowest BCUT2D eigenvalue weighted by atomic mass is 10.2. The van der Waals surface area contributed by atoms with Crippen LogP contribution in [-0.4, -0.2) is 37.3 Å². The molecule has 0 fully saturated rings. The van der Waals surface area contributed by atoms with Crippen LogP contribution in [0.2, 0.25) is 0 Å². The smallest absolute Gasteiger partial charge is 0.270 e. The van der Waals surface area contributed by atoms with Crippen LogP contribution in [-0.2, 0) is 4.74 Å². The second-order valence-corrected chi connectivity index (χ2v) is 5.86. The molecule has 0 aliphatic carbocycles. The Bertz CT molecular complexity index is 625. The number of amides is 1. The maximum atomic E-state index is 12.0. The summed E-state index contributed by atoms with van der Waals surface area (Å²) in [5.74, 6) is 0.583. The minimum absolute atomic E-state index is 0.0855. The molecule has 5 nitrogen and oxygen atoms in total. The summed E-state index contributed by atoms with van der Waals surface area (Å²) in [6.07, 6.45) is 0. The second kappa shape index (κ2) is 7.91. The fraction of sp³-hybridized carbons (Fsp3) is 0.375. The van der Waals surface area contributed by atoms with Gasteiger partial charge in [0.15, 0.2) is 0 Å². The number of aromatic nitrogens is 1. The monoisotopic (exact) mass is 320 g/mol. The van der Waals surface area contributed by atoms with E-state index in [0.29, 0.717) is 18.9 Å². The third-order valence-corrected chi connectivity index (χ3v) is 3.69. The molecule has 0 saturated heterocycles. The first-order valence-electron chi connectivity index (χ1n) is 7.09. The van der Waals surface area contributed by atoms with Gasteiger partial charge in [0.2, 0.25) is 0 Å². The van der Waals surface area contributed by atoms with Crippen LogP contribution in [0, 0.1) is 0 Å². The number of para-hydroxylation sites is 1. The Morgan fingerprint density at radius 2 is 2.09 bits per heavy atom. The Hall–Kier alpha value is -1.92. The van der Waals surface area contributed by atoms with Gasteiger partial charge in [0.05, 0.1) is 12.2 Å². The Balaban J connectivity index is 2.18. The van der Waals surface area contributed by atoms with Gasteiger partial charge in [-0.1, -0.05) is 12.1 Å². The Morgan fingerprint density at radius 1 is 1.32 bits per heavy atom. The van der Waals surface area contributed by atoms with Crippen molar-refractivity contribution in [3.05, 3.63) is 35.3 Å². The largest absolute Gasteiger partial charge is 0.490 e. The molecule has 1 heterocycles. The zero-order valence-electron chi connectivity index (χ0n) is 13.0. The number of nitrogens with one attached hydrogen (secondary N) is 1. The molecule has 0 aliphatic rings. The van der Waals surface area contributed by atoms with Crippen LogP contribution in [0.3, 0.4) is 0 Å². The predicted molar refractivity (Wildman–Crippen MR) is 87.5 cm³/mol. The van der Waals surface area contributed by atoms with Crippen LogP contribution in [0.4, 0.5) is 0 Å². The predicted octanol–water partition coefficient (Wildman–Crippen LogP) is 2.97. The number of methoxy groups -OCH3 is 1. The van der Waals surface area contributed by atoms with Gasteiger partial charge in [0.25, 0.3) is 5.91 Å². The molecule has 0 spiro atoms. The van der Waals surface area contributed by atoms with E-state index in [1.807, 2.05) is 38.1 Å². The molecule has 118 valence electrons. The van der Waals surface area contributed by atoms with Crippen molar-refractivity contribution in [1.82, 2.24) is 10.3 Å². The number of nitrogens with zero attached hydrogens (tertiary/aromatic N) is 1. The van der Waals surface area contributed by atoms with Gasteiger partial charge in [-0.25, -0.2) is 4.98 Å². The van der Waals surface area contributed by atoms with Crippen molar-refractivity contribution in [3.63, 3.8) is 0 Å². The molecule has 2 rings (SSSR count). The van der Waals surface area contributed by atoms with Crippen LogP contribution in [0.1, 0.15) is 24.3 Å². The molecule has 1 aromatic carbocycles. The third-order valence-electron chi connectivity index (χ3n) is 2.82. The van der Waals surface area contributed by atoms with Crippen LogP contribution in [0.5, 0.6) is 5.75 Å². The number of hydrogen-bond donors (Lipinski definition) is 1. The fourth-order valence-electron chi connectivity index (χ4n) is 1.84. The van der Waals surface area contributed by atoms with Crippen molar-refractivity contribution < 1.29 is 14.3 Å². The van der Waals surface area contributed by atoms with Crippen LogP contribution in [0.15, 0.2) is 29.6 Å². The maximum Gasteiger partial charge on any atom is 0.270 e. The van der Waals surface area contributed by atoms with Gasteiger partial charge in [0.1, 0.15) is 23.1 Å². The highest BCUT2D eigenvalue weighted by molar-refractivity contribution is 7.13. The molecule has 1 amide bonds. The van der Waals surface area contributed by atoms with Crippen LogP contribution < -0.4 is 10.1 Å². The van der Waals surface area contributed by atoms with E-state index in [4.69, 9.17) is 9.47 Å². The SMILES string of the molecule is COCCOc1ccccc1-c1nc(C(=O)NC(C)C)cs1. The van der Waals surface area contributed by atoms with E-state index >= 15 is 0 Å². The zero-order valence-corrected chi connectivity index (χ0v) is 13.8. The first-order valence-corrected chi connectivity index (χ1v) is 7.97. The third kappa shape index (κ3) is 4.29. The fourth-order valence-corrected chi connectivity index (χ4v) is 2.67. The quantitative estimate of drug-likeness (QED) is 0.797. The Kier molecular flexibility index (Phi) is 5.91. The number of thiazole rings is 1. The average molecular weight is 320 g/mol. The summed E-state index contributed by atoms with van der Waals surface area (Å²) in [5.41, 5.74) is 1.31. The van der Waals surface area contributed by atoms with Gasteiger partial charge in [-0.05, 0) is 26.0 Å². The molecule has 0 atom stereocenters. The van der Waals surface area contributed by atoms with E-state index in [0.717, 1.165) is 16.3 Å². The van der Waals surface area contributed by atoms with Crippen molar-refractivity contribution in [2.45, 2.75) is 19.9 Å². The number of carbonyl (C=O) groups excluding carboxylic acids is 1. The van der Waals surface area contributed by atoms with Gasteiger partial charge < -0.3 is 14.8 Å². The highest BCUT2D eigenvalue weighted by atomic mass is 32.1. The topological polar surface area (TPSA) is 60.5 Å². The van der Waals surface area contributed by atoms with Gasteiger partial charge in [-0.15, -0.1) is 11.3 Å². The van der Waals surface area contributed by atoms with Gasteiger partial charge >= 0.3 is 0 Å². The minimum Gasteiger partial charge on any atom is -0.490 e. The molecule has 0 radical (unpaired) electrons. The molecule has 0 unspecified atom stereocenters. The average Bonchev–Trinajstić information content (AvgIpc) is 2.97. The van der Waals surface area contributed by atoms with Crippen molar-refractivity contribution >= 4 is 17.2 Å². The summed E-state index contributed by atoms with van der Waals surface area (Å²) < 4.78 is 10.7. The summed E-state index contributed by atoms with van der Waals surface area (Å²) in [6, 6.07) is 7.74. The zero-order chi connectivity index (χ0) is 15.9. The number of hydrogen-bond acceptors (Lipinski definition) is 5. The first-order chi connectivity index (χ1) is 10.6. The van der Waals surface area contributed by atoms with Crippen molar-refractivity contribution in [3.8, 4) is 16.3 Å². The summed E-state index contributed by atoms with van der Waals surface area (Å²) >= 11 is 1.43. The Morgan fingerprint density at radius 3 is 2.82 bits per heavy atom. The molecular weight excluding hydrogens is 300 g/mol. The lowest BCUT2D eigenvalue weighted by molar-refractivity contribution is 0.0939. The molecule has 2 aromatic rings. The number of benzene rings is 1. The normalized spacial score (nSPS) is 10.7. The second-order valence-electron chi connectivity index (χ2n) is 5.00. The van der Waals surface area contributed by atoms with Gasteiger partial charge in [-0.2, -0.15) is 0 Å². The lowest BCUT2D eigenvalue weighted by Crippen LogP contribution is -2.30. The van der Waals surface area contributed by atoms with Gasteiger partial charge in [-0.3, -0.25) is 4.79 Å². The van der Waals surface area contributed by atoms with E-state index in [-0.39, 0.29) is 11.9 Å². The lowest BCUT2D eigenvalue weighted by Gasteiger charge is -2.09. The van der Waals surface area contributed by atoms with E-state index in [9.17, 15) is 4.79 Å². The Labute approximate surface area is 134 Å². The molecule has 1 aromatic heterocycles. The van der Waals surface area contributed by atoms with Crippen molar-refractivity contribution in [2.75, 3.05) is 20.3 Å². The summed E-state index contributed by atoms with van der Waals surface area (Å²) in [7, 11) is 1.63.